The Balaban J connectivity index is 2.22. The molecule has 4 heteroatoms. The van der Waals surface area contributed by atoms with Crippen molar-refractivity contribution in [3.05, 3.63) is 40.2 Å². The standard InChI is InChI=1S/C16H18O4/c1-4-18-16-13-11(19-14(16)9(2)3)7-5-10-6-8-12(17)20-15(10)13/h5-9,14,16H,4H2,1-3H3/t14-,16+/m0/s1. The molecule has 2 atom stereocenters. The van der Waals surface area contributed by atoms with Crippen LogP contribution in [0.5, 0.6) is 5.75 Å². The van der Waals surface area contributed by atoms with Crippen LogP contribution in [-0.4, -0.2) is 12.7 Å². The van der Waals surface area contributed by atoms with E-state index >= 15 is 0 Å². The zero-order chi connectivity index (χ0) is 14.3. The smallest absolute Gasteiger partial charge is 0.336 e. The van der Waals surface area contributed by atoms with E-state index in [0.29, 0.717) is 18.1 Å². The van der Waals surface area contributed by atoms with Crippen LogP contribution in [0.15, 0.2) is 33.5 Å². The second-order valence-corrected chi connectivity index (χ2v) is 5.35. The summed E-state index contributed by atoms with van der Waals surface area (Å²) >= 11 is 0. The maximum Gasteiger partial charge on any atom is 0.336 e. The lowest BCUT2D eigenvalue weighted by Gasteiger charge is -2.22. The lowest BCUT2D eigenvalue weighted by Crippen LogP contribution is -2.26. The zero-order valence-electron chi connectivity index (χ0n) is 11.9. The minimum absolute atomic E-state index is 0.0546. The fraction of sp³-hybridized carbons (Fsp3) is 0.438. The molecule has 0 bridgehead atoms. The number of hydrogen-bond acceptors (Lipinski definition) is 4. The predicted octanol–water partition coefficient (Wildman–Crippen LogP) is 3.29. The summed E-state index contributed by atoms with van der Waals surface area (Å²) in [5.41, 5.74) is 1.09. The average Bonchev–Trinajstić information content (AvgIpc) is 2.78. The van der Waals surface area contributed by atoms with Gasteiger partial charge in [-0.25, -0.2) is 4.79 Å². The molecule has 4 nitrogen and oxygen atoms in total. The highest BCUT2D eigenvalue weighted by Crippen LogP contribution is 2.45. The summed E-state index contributed by atoms with van der Waals surface area (Å²) in [6.45, 7) is 6.74. The van der Waals surface area contributed by atoms with E-state index in [2.05, 4.69) is 13.8 Å². The second kappa shape index (κ2) is 4.94. The molecule has 1 aromatic heterocycles. The van der Waals surface area contributed by atoms with Crippen molar-refractivity contribution in [1.29, 1.82) is 0 Å². The first kappa shape index (κ1) is 13.2. The van der Waals surface area contributed by atoms with Crippen LogP contribution < -0.4 is 10.4 Å². The zero-order valence-corrected chi connectivity index (χ0v) is 11.9. The molecular weight excluding hydrogens is 256 g/mol. The third-order valence-corrected chi connectivity index (χ3v) is 3.64. The van der Waals surface area contributed by atoms with Crippen molar-refractivity contribution < 1.29 is 13.9 Å². The molecule has 0 fully saturated rings. The topological polar surface area (TPSA) is 48.7 Å². The number of fused-ring (bicyclic) bond motifs is 3. The van der Waals surface area contributed by atoms with Crippen molar-refractivity contribution in [2.24, 2.45) is 5.92 Å². The van der Waals surface area contributed by atoms with Crippen LogP contribution in [0.4, 0.5) is 0 Å². The predicted molar refractivity (Wildman–Crippen MR) is 76.1 cm³/mol. The van der Waals surface area contributed by atoms with Gasteiger partial charge in [-0.3, -0.25) is 0 Å². The monoisotopic (exact) mass is 274 g/mol. The van der Waals surface area contributed by atoms with Crippen LogP contribution in [0.1, 0.15) is 32.4 Å². The summed E-state index contributed by atoms with van der Waals surface area (Å²) in [7, 11) is 0. The first-order valence-electron chi connectivity index (χ1n) is 6.97. The Morgan fingerprint density at radius 2 is 2.00 bits per heavy atom. The van der Waals surface area contributed by atoms with Crippen LogP contribution in [-0.2, 0) is 4.74 Å². The Labute approximate surface area is 117 Å². The van der Waals surface area contributed by atoms with E-state index in [4.69, 9.17) is 13.9 Å². The Morgan fingerprint density at radius 1 is 1.25 bits per heavy atom. The van der Waals surface area contributed by atoms with E-state index in [1.807, 2.05) is 19.1 Å². The van der Waals surface area contributed by atoms with Gasteiger partial charge in [0.1, 0.15) is 23.5 Å². The summed E-state index contributed by atoms with van der Waals surface area (Å²) in [5, 5.41) is 0.890. The van der Waals surface area contributed by atoms with Gasteiger partial charge in [-0.15, -0.1) is 0 Å². The lowest BCUT2D eigenvalue weighted by atomic mass is 9.97. The minimum atomic E-state index is -0.353. The van der Waals surface area contributed by atoms with Gasteiger partial charge in [-0.2, -0.15) is 0 Å². The van der Waals surface area contributed by atoms with Crippen molar-refractivity contribution in [2.75, 3.05) is 6.61 Å². The van der Waals surface area contributed by atoms with E-state index in [-0.39, 0.29) is 17.8 Å². The third kappa shape index (κ3) is 2.00. The van der Waals surface area contributed by atoms with Gasteiger partial charge in [0.05, 0.1) is 5.56 Å². The van der Waals surface area contributed by atoms with Crippen molar-refractivity contribution in [1.82, 2.24) is 0 Å². The average molecular weight is 274 g/mol. The molecule has 0 N–H and O–H groups in total. The third-order valence-electron chi connectivity index (χ3n) is 3.64. The van der Waals surface area contributed by atoms with E-state index in [9.17, 15) is 4.79 Å². The molecule has 1 aromatic carbocycles. The molecule has 2 aromatic rings. The molecule has 0 saturated heterocycles. The number of ether oxygens (including phenoxy) is 2. The molecule has 0 saturated carbocycles. The van der Waals surface area contributed by atoms with Crippen molar-refractivity contribution in [2.45, 2.75) is 33.0 Å². The highest BCUT2D eigenvalue weighted by molar-refractivity contribution is 5.83. The molecule has 2 heterocycles. The van der Waals surface area contributed by atoms with Gasteiger partial charge in [-0.1, -0.05) is 13.8 Å². The number of benzene rings is 1. The highest BCUT2D eigenvalue weighted by Gasteiger charge is 2.39. The Kier molecular flexibility index (Phi) is 3.26. The fourth-order valence-corrected chi connectivity index (χ4v) is 2.72. The fourth-order valence-electron chi connectivity index (χ4n) is 2.72. The molecule has 0 spiro atoms. The maximum atomic E-state index is 11.5. The molecule has 3 rings (SSSR count). The van der Waals surface area contributed by atoms with E-state index in [1.165, 1.54) is 6.07 Å². The van der Waals surface area contributed by atoms with Gasteiger partial charge in [0.25, 0.3) is 0 Å². The summed E-state index contributed by atoms with van der Waals surface area (Å²) in [6, 6.07) is 7.03. The number of rotatable bonds is 3. The maximum absolute atomic E-state index is 11.5. The normalized spacial score (nSPS) is 21.2. The summed E-state index contributed by atoms with van der Waals surface area (Å²) in [6.07, 6.45) is -0.245. The van der Waals surface area contributed by atoms with Crippen LogP contribution >= 0.6 is 0 Å². The van der Waals surface area contributed by atoms with E-state index in [1.54, 1.807) is 6.07 Å². The van der Waals surface area contributed by atoms with Crippen LogP contribution in [0.2, 0.25) is 0 Å². The molecule has 0 amide bonds. The first-order chi connectivity index (χ1) is 9.61. The highest BCUT2D eigenvalue weighted by atomic mass is 16.6. The molecule has 1 aliphatic rings. The van der Waals surface area contributed by atoms with Gasteiger partial charge in [0.15, 0.2) is 0 Å². The SMILES string of the molecule is CCO[C@@H]1c2c(ccc3ccc(=O)oc23)O[C@H]1C(C)C. The second-order valence-electron chi connectivity index (χ2n) is 5.35. The van der Waals surface area contributed by atoms with Gasteiger partial charge in [-0.05, 0) is 31.0 Å². The molecule has 0 aliphatic carbocycles. The van der Waals surface area contributed by atoms with Crippen molar-refractivity contribution in [3.63, 3.8) is 0 Å². The van der Waals surface area contributed by atoms with Gasteiger partial charge < -0.3 is 13.9 Å². The van der Waals surface area contributed by atoms with Crippen molar-refractivity contribution in [3.8, 4) is 5.75 Å². The largest absolute Gasteiger partial charge is 0.487 e. The van der Waals surface area contributed by atoms with Crippen LogP contribution in [0.3, 0.4) is 0 Å². The molecular formula is C16H18O4. The molecule has 0 unspecified atom stereocenters. The Morgan fingerprint density at radius 3 is 2.70 bits per heavy atom. The van der Waals surface area contributed by atoms with E-state index in [0.717, 1.165) is 16.7 Å². The Hall–Kier alpha value is -1.81. The minimum Gasteiger partial charge on any atom is -0.487 e. The summed E-state index contributed by atoms with van der Waals surface area (Å²) in [4.78, 5) is 11.5. The first-order valence-corrected chi connectivity index (χ1v) is 6.97. The van der Waals surface area contributed by atoms with E-state index < -0.39 is 0 Å². The van der Waals surface area contributed by atoms with Crippen LogP contribution in [0.25, 0.3) is 11.0 Å². The van der Waals surface area contributed by atoms with Crippen LogP contribution in [0, 0.1) is 5.92 Å². The lowest BCUT2D eigenvalue weighted by molar-refractivity contribution is -0.0173. The molecule has 0 radical (unpaired) electrons. The molecule has 106 valence electrons. The van der Waals surface area contributed by atoms with Crippen molar-refractivity contribution >= 4 is 11.0 Å². The number of hydrogen-bond donors (Lipinski definition) is 0. The Bertz CT molecular complexity index is 686. The molecule has 1 aliphatic heterocycles. The summed E-state index contributed by atoms with van der Waals surface area (Å²) < 4.78 is 17.3. The van der Waals surface area contributed by atoms with Gasteiger partial charge >= 0.3 is 5.63 Å². The van der Waals surface area contributed by atoms with Gasteiger partial charge in [0.2, 0.25) is 0 Å². The van der Waals surface area contributed by atoms with Gasteiger partial charge in [0, 0.05) is 18.1 Å². The molecule has 20 heavy (non-hydrogen) atoms. The summed E-state index contributed by atoms with van der Waals surface area (Å²) in [5.74, 6) is 1.06. The quantitative estimate of drug-likeness (QED) is 0.806.